The molecule has 0 radical (unpaired) electrons. The molecule has 2 fully saturated rings. The molecule has 0 bridgehead atoms. The van der Waals surface area contributed by atoms with Gasteiger partial charge in [-0.1, -0.05) is 0 Å². The van der Waals surface area contributed by atoms with E-state index in [9.17, 15) is 0 Å². The van der Waals surface area contributed by atoms with Crippen molar-refractivity contribution in [3.8, 4) is 0 Å². The van der Waals surface area contributed by atoms with Crippen LogP contribution in [-0.2, 0) is 11.8 Å². The predicted octanol–water partition coefficient (Wildman–Crippen LogP) is 1.07. The molecule has 10 nitrogen and oxygen atoms in total. The van der Waals surface area contributed by atoms with Crippen LogP contribution >= 0.6 is 0 Å². The summed E-state index contributed by atoms with van der Waals surface area (Å²) in [5.74, 6) is 2.58. The number of hydrogen-bond acceptors (Lipinski definition) is 9. The number of nitrogens with zero attached hydrogens (tertiary/aromatic N) is 8. The van der Waals surface area contributed by atoms with Gasteiger partial charge in [-0.15, -0.1) is 0 Å². The van der Waals surface area contributed by atoms with Crippen molar-refractivity contribution in [3.63, 3.8) is 0 Å². The highest BCUT2D eigenvalue weighted by molar-refractivity contribution is 5.83. The maximum Gasteiger partial charge on any atom is 0.227 e. The Labute approximate surface area is 169 Å². The van der Waals surface area contributed by atoms with Crippen LogP contribution in [0.5, 0.6) is 0 Å². The minimum absolute atomic E-state index is 0.375. The number of aromatic nitrogens is 6. The average Bonchev–Trinajstić information content (AvgIpc) is 3.16. The van der Waals surface area contributed by atoms with E-state index < -0.39 is 0 Å². The number of morpholine rings is 1. The minimum Gasteiger partial charge on any atom is -0.378 e. The first-order valence-corrected chi connectivity index (χ1v) is 10.1. The zero-order valence-electron chi connectivity index (χ0n) is 16.5. The van der Waals surface area contributed by atoms with E-state index in [1.54, 1.807) is 12.7 Å². The lowest BCUT2D eigenvalue weighted by Gasteiger charge is -2.33. The van der Waals surface area contributed by atoms with Gasteiger partial charge >= 0.3 is 0 Å². The molecule has 0 spiro atoms. The molecule has 5 heterocycles. The molecule has 5 rings (SSSR count). The van der Waals surface area contributed by atoms with Crippen LogP contribution in [0.15, 0.2) is 24.9 Å². The van der Waals surface area contributed by atoms with E-state index in [-0.39, 0.29) is 0 Å². The van der Waals surface area contributed by atoms with Crippen molar-refractivity contribution in [2.24, 2.45) is 7.05 Å². The van der Waals surface area contributed by atoms with Crippen LogP contribution < -0.4 is 15.1 Å². The highest BCUT2D eigenvalue weighted by atomic mass is 16.5. The Bertz CT molecular complexity index is 977. The van der Waals surface area contributed by atoms with Crippen molar-refractivity contribution in [1.29, 1.82) is 0 Å². The van der Waals surface area contributed by atoms with E-state index in [0.717, 1.165) is 81.0 Å². The molecular weight excluding hydrogens is 370 g/mol. The van der Waals surface area contributed by atoms with Crippen LogP contribution in [0, 0.1) is 0 Å². The van der Waals surface area contributed by atoms with Crippen LogP contribution in [-0.4, -0.2) is 74.9 Å². The molecule has 1 N–H and O–H groups in total. The molecule has 3 aromatic rings. The van der Waals surface area contributed by atoms with Crippen LogP contribution in [0.1, 0.15) is 12.8 Å². The first-order valence-electron chi connectivity index (χ1n) is 10.1. The van der Waals surface area contributed by atoms with Gasteiger partial charge in [-0.3, -0.25) is 0 Å². The van der Waals surface area contributed by atoms with Gasteiger partial charge in [0.05, 0.1) is 19.5 Å². The highest BCUT2D eigenvalue weighted by Gasteiger charge is 2.23. The Morgan fingerprint density at radius 2 is 1.83 bits per heavy atom. The van der Waals surface area contributed by atoms with E-state index in [4.69, 9.17) is 9.72 Å². The zero-order chi connectivity index (χ0) is 19.6. The van der Waals surface area contributed by atoms with Crippen molar-refractivity contribution in [2.75, 3.05) is 54.5 Å². The van der Waals surface area contributed by atoms with Gasteiger partial charge in [0.1, 0.15) is 12.1 Å². The lowest BCUT2D eigenvalue weighted by Crippen LogP contribution is -2.40. The zero-order valence-corrected chi connectivity index (χ0v) is 16.5. The van der Waals surface area contributed by atoms with Gasteiger partial charge in [0.25, 0.3) is 0 Å². The van der Waals surface area contributed by atoms with Crippen LogP contribution in [0.3, 0.4) is 0 Å². The molecule has 2 aliphatic rings. The van der Waals surface area contributed by atoms with Gasteiger partial charge in [0.15, 0.2) is 17.0 Å². The minimum atomic E-state index is 0.375. The number of aryl methyl sites for hydroxylation is 1. The molecule has 0 atom stereocenters. The summed E-state index contributed by atoms with van der Waals surface area (Å²) in [7, 11) is 1.95. The lowest BCUT2D eigenvalue weighted by atomic mass is 10.1. The summed E-state index contributed by atoms with van der Waals surface area (Å²) in [5.41, 5.74) is 1.74. The first kappa shape index (κ1) is 18.0. The lowest BCUT2D eigenvalue weighted by molar-refractivity contribution is 0.122. The van der Waals surface area contributed by atoms with E-state index in [0.29, 0.717) is 6.04 Å². The molecule has 0 saturated carbocycles. The van der Waals surface area contributed by atoms with Gasteiger partial charge in [-0.25, -0.2) is 19.9 Å². The van der Waals surface area contributed by atoms with Gasteiger partial charge in [0.2, 0.25) is 5.95 Å². The van der Waals surface area contributed by atoms with Crippen molar-refractivity contribution in [3.05, 3.63) is 24.9 Å². The number of piperidine rings is 1. The molecule has 0 unspecified atom stereocenters. The molecule has 2 aliphatic heterocycles. The first-order chi connectivity index (χ1) is 14.3. The maximum atomic E-state index is 5.42. The summed E-state index contributed by atoms with van der Waals surface area (Å²) >= 11 is 0. The third kappa shape index (κ3) is 3.67. The Morgan fingerprint density at radius 1 is 1.00 bits per heavy atom. The fourth-order valence-electron chi connectivity index (χ4n) is 3.95. The molecule has 3 aromatic heterocycles. The standard InChI is InChI=1S/C19H25N9O/c1-26-13-23-16-17(26)21-12-22-18(16)27-6-3-14(4-7-27)24-15-2-5-20-19(25-15)28-8-10-29-11-9-28/h2,5,12-14H,3-4,6-11H2,1H3,(H,20,24,25). The molecule has 0 aliphatic carbocycles. The number of anilines is 3. The molecule has 29 heavy (non-hydrogen) atoms. The van der Waals surface area contributed by atoms with Crippen molar-refractivity contribution in [1.82, 2.24) is 29.5 Å². The number of hydrogen-bond donors (Lipinski definition) is 1. The number of rotatable bonds is 4. The summed E-state index contributed by atoms with van der Waals surface area (Å²) in [5, 5.41) is 3.59. The highest BCUT2D eigenvalue weighted by Crippen LogP contribution is 2.25. The second kappa shape index (κ2) is 7.78. The summed E-state index contributed by atoms with van der Waals surface area (Å²) < 4.78 is 7.34. The van der Waals surface area contributed by atoms with E-state index in [1.807, 2.05) is 23.9 Å². The van der Waals surface area contributed by atoms with Gasteiger partial charge < -0.3 is 24.4 Å². The quantitative estimate of drug-likeness (QED) is 0.696. The summed E-state index contributed by atoms with van der Waals surface area (Å²) in [6, 6.07) is 2.32. The third-order valence-corrected chi connectivity index (χ3v) is 5.56. The number of nitrogens with one attached hydrogen (secondary N) is 1. The molecule has 152 valence electrons. The van der Waals surface area contributed by atoms with Crippen molar-refractivity contribution >= 4 is 28.7 Å². The second-order valence-electron chi connectivity index (χ2n) is 7.47. The molecular formula is C19H25N9O. The average molecular weight is 395 g/mol. The van der Waals surface area contributed by atoms with Gasteiger partial charge in [-0.05, 0) is 18.9 Å². The second-order valence-corrected chi connectivity index (χ2v) is 7.47. The van der Waals surface area contributed by atoms with Crippen molar-refractivity contribution in [2.45, 2.75) is 18.9 Å². The fraction of sp³-hybridized carbons (Fsp3) is 0.526. The summed E-state index contributed by atoms with van der Waals surface area (Å²) in [6.45, 7) is 4.97. The molecule has 0 aromatic carbocycles. The van der Waals surface area contributed by atoms with Crippen LogP contribution in [0.25, 0.3) is 11.2 Å². The Morgan fingerprint density at radius 3 is 2.66 bits per heavy atom. The molecule has 2 saturated heterocycles. The molecule has 0 amide bonds. The van der Waals surface area contributed by atoms with Gasteiger partial charge in [0, 0.05) is 45.5 Å². The smallest absolute Gasteiger partial charge is 0.227 e. The van der Waals surface area contributed by atoms with E-state index in [2.05, 4.69) is 35.1 Å². The summed E-state index contributed by atoms with van der Waals surface area (Å²) in [6.07, 6.45) is 7.26. The van der Waals surface area contributed by atoms with E-state index >= 15 is 0 Å². The predicted molar refractivity (Wildman–Crippen MR) is 110 cm³/mol. The van der Waals surface area contributed by atoms with Crippen molar-refractivity contribution < 1.29 is 4.74 Å². The topological polar surface area (TPSA) is 97.1 Å². The third-order valence-electron chi connectivity index (χ3n) is 5.56. The SMILES string of the molecule is Cn1cnc2c(N3CCC(Nc4ccnc(N5CCOCC5)n4)CC3)ncnc21. The Kier molecular flexibility index (Phi) is 4.84. The van der Waals surface area contributed by atoms with Crippen LogP contribution in [0.4, 0.5) is 17.6 Å². The monoisotopic (exact) mass is 395 g/mol. The maximum absolute atomic E-state index is 5.42. The van der Waals surface area contributed by atoms with Gasteiger partial charge in [-0.2, -0.15) is 4.98 Å². The molecule has 10 heteroatoms. The summed E-state index contributed by atoms with van der Waals surface area (Å²) in [4.78, 5) is 26.9. The fourth-order valence-corrected chi connectivity index (χ4v) is 3.95. The number of fused-ring (bicyclic) bond motifs is 1. The van der Waals surface area contributed by atoms with Crippen LogP contribution in [0.2, 0.25) is 0 Å². The number of ether oxygens (including phenoxy) is 1. The Hall–Kier alpha value is -3.01. The van der Waals surface area contributed by atoms with E-state index in [1.165, 1.54) is 0 Å². The normalized spacial score (nSPS) is 18.4. The largest absolute Gasteiger partial charge is 0.378 e. The number of imidazole rings is 1. The Balaban J connectivity index is 1.23.